The average molecular weight is 249 g/mol. The van der Waals surface area contributed by atoms with Gasteiger partial charge < -0.3 is 15.3 Å². The topological polar surface area (TPSA) is 75.5 Å². The van der Waals surface area contributed by atoms with Crippen molar-refractivity contribution in [2.75, 3.05) is 19.3 Å². The van der Waals surface area contributed by atoms with Crippen LogP contribution < -0.4 is 5.73 Å². The van der Waals surface area contributed by atoms with E-state index in [1.165, 1.54) is 0 Å². The monoisotopic (exact) mass is 249 g/mol. The lowest BCUT2D eigenvalue weighted by molar-refractivity contribution is 0.160. The minimum atomic E-state index is -0.282. The standard InChI is InChI=1S/C13H19N3O2/c1-9(17)5-6-16(2)8-13-15-11-4-3-10(14)7-12(11)18-13/h3-4,7,9,17H,5-6,8,14H2,1-2H3. The van der Waals surface area contributed by atoms with Crippen molar-refractivity contribution in [1.82, 2.24) is 9.88 Å². The molecule has 5 nitrogen and oxygen atoms in total. The number of hydrogen-bond donors (Lipinski definition) is 2. The summed E-state index contributed by atoms with van der Waals surface area (Å²) in [7, 11) is 1.98. The van der Waals surface area contributed by atoms with Gasteiger partial charge in [-0.25, -0.2) is 4.98 Å². The van der Waals surface area contributed by atoms with Gasteiger partial charge in [0.25, 0.3) is 0 Å². The molecule has 1 aromatic heterocycles. The number of nitrogen functional groups attached to an aromatic ring is 1. The van der Waals surface area contributed by atoms with Gasteiger partial charge in [-0.2, -0.15) is 0 Å². The number of nitrogens with two attached hydrogens (primary N) is 1. The van der Waals surface area contributed by atoms with E-state index in [1.807, 2.05) is 19.2 Å². The van der Waals surface area contributed by atoms with Crippen LogP contribution >= 0.6 is 0 Å². The van der Waals surface area contributed by atoms with Crippen LogP contribution in [0.4, 0.5) is 5.69 Å². The lowest BCUT2D eigenvalue weighted by Gasteiger charge is -2.15. The van der Waals surface area contributed by atoms with E-state index in [2.05, 4.69) is 9.88 Å². The Morgan fingerprint density at radius 1 is 1.50 bits per heavy atom. The number of anilines is 1. The fourth-order valence-corrected chi connectivity index (χ4v) is 1.77. The van der Waals surface area contributed by atoms with Crippen LogP contribution in [0.2, 0.25) is 0 Å². The fraction of sp³-hybridized carbons (Fsp3) is 0.462. The highest BCUT2D eigenvalue weighted by Gasteiger charge is 2.09. The summed E-state index contributed by atoms with van der Waals surface area (Å²) in [5.74, 6) is 0.670. The first-order valence-electron chi connectivity index (χ1n) is 6.06. The number of aliphatic hydroxyl groups is 1. The zero-order chi connectivity index (χ0) is 13.1. The van der Waals surface area contributed by atoms with Crippen LogP contribution in [-0.4, -0.2) is 34.7 Å². The number of nitrogens with zero attached hydrogens (tertiary/aromatic N) is 2. The van der Waals surface area contributed by atoms with Crippen molar-refractivity contribution in [2.45, 2.75) is 26.0 Å². The molecule has 0 aliphatic carbocycles. The first-order valence-corrected chi connectivity index (χ1v) is 6.06. The molecule has 1 atom stereocenters. The molecule has 0 saturated carbocycles. The quantitative estimate of drug-likeness (QED) is 0.787. The van der Waals surface area contributed by atoms with Crippen LogP contribution in [-0.2, 0) is 6.54 Å². The van der Waals surface area contributed by atoms with Gasteiger partial charge in [-0.3, -0.25) is 4.90 Å². The minimum Gasteiger partial charge on any atom is -0.439 e. The zero-order valence-corrected chi connectivity index (χ0v) is 10.8. The molecule has 18 heavy (non-hydrogen) atoms. The molecule has 0 bridgehead atoms. The first kappa shape index (κ1) is 12.9. The number of benzene rings is 1. The zero-order valence-electron chi connectivity index (χ0n) is 10.8. The van der Waals surface area contributed by atoms with Gasteiger partial charge in [0.15, 0.2) is 5.58 Å². The molecule has 1 heterocycles. The Bertz CT molecular complexity index is 522. The minimum absolute atomic E-state index is 0.282. The molecule has 0 spiro atoms. The smallest absolute Gasteiger partial charge is 0.209 e. The predicted molar refractivity (Wildman–Crippen MR) is 71.1 cm³/mol. The molecule has 0 aliphatic rings. The maximum Gasteiger partial charge on any atom is 0.209 e. The van der Waals surface area contributed by atoms with Crippen molar-refractivity contribution in [3.05, 3.63) is 24.1 Å². The molecular formula is C13H19N3O2. The summed E-state index contributed by atoms with van der Waals surface area (Å²) >= 11 is 0. The van der Waals surface area contributed by atoms with Gasteiger partial charge in [0.2, 0.25) is 5.89 Å². The SMILES string of the molecule is CC(O)CCN(C)Cc1nc2ccc(N)cc2o1. The molecule has 3 N–H and O–H groups in total. The highest BCUT2D eigenvalue weighted by Crippen LogP contribution is 2.19. The molecule has 5 heteroatoms. The summed E-state index contributed by atoms with van der Waals surface area (Å²) in [6.45, 7) is 3.22. The van der Waals surface area contributed by atoms with Crippen molar-refractivity contribution in [2.24, 2.45) is 0 Å². The van der Waals surface area contributed by atoms with Crippen LogP contribution in [0.25, 0.3) is 11.1 Å². The lowest BCUT2D eigenvalue weighted by atomic mass is 10.3. The molecule has 0 fully saturated rings. The van der Waals surface area contributed by atoms with E-state index in [0.29, 0.717) is 23.7 Å². The molecule has 1 unspecified atom stereocenters. The lowest BCUT2D eigenvalue weighted by Crippen LogP contribution is -2.22. The van der Waals surface area contributed by atoms with Crippen LogP contribution in [0, 0.1) is 0 Å². The van der Waals surface area contributed by atoms with Crippen molar-refractivity contribution < 1.29 is 9.52 Å². The number of fused-ring (bicyclic) bond motifs is 1. The van der Waals surface area contributed by atoms with Crippen molar-refractivity contribution in [3.63, 3.8) is 0 Å². The third-order valence-electron chi connectivity index (χ3n) is 2.79. The molecule has 2 rings (SSSR count). The van der Waals surface area contributed by atoms with E-state index >= 15 is 0 Å². The van der Waals surface area contributed by atoms with Crippen LogP contribution in [0.5, 0.6) is 0 Å². The third-order valence-corrected chi connectivity index (χ3v) is 2.79. The molecule has 98 valence electrons. The van der Waals surface area contributed by atoms with E-state index in [1.54, 1.807) is 13.0 Å². The largest absolute Gasteiger partial charge is 0.439 e. The molecule has 1 aromatic carbocycles. The summed E-state index contributed by atoms with van der Waals surface area (Å²) in [6.07, 6.45) is 0.458. The van der Waals surface area contributed by atoms with E-state index in [9.17, 15) is 5.11 Å². The predicted octanol–water partition coefficient (Wildman–Crippen LogP) is 1.61. The van der Waals surface area contributed by atoms with Gasteiger partial charge in [-0.15, -0.1) is 0 Å². The molecule has 0 amide bonds. The number of aliphatic hydroxyl groups excluding tert-OH is 1. The van der Waals surface area contributed by atoms with Gasteiger partial charge in [-0.05, 0) is 32.5 Å². The Morgan fingerprint density at radius 3 is 3.00 bits per heavy atom. The molecule has 0 aliphatic heterocycles. The Morgan fingerprint density at radius 2 is 2.28 bits per heavy atom. The summed E-state index contributed by atoms with van der Waals surface area (Å²) in [4.78, 5) is 6.46. The number of rotatable bonds is 5. The number of aromatic nitrogens is 1. The Balaban J connectivity index is 2.03. The molecule has 0 radical (unpaired) electrons. The molecular weight excluding hydrogens is 230 g/mol. The Kier molecular flexibility index (Phi) is 3.84. The highest BCUT2D eigenvalue weighted by atomic mass is 16.3. The Labute approximate surface area is 106 Å². The highest BCUT2D eigenvalue weighted by molar-refractivity contribution is 5.76. The Hall–Kier alpha value is -1.59. The van der Waals surface area contributed by atoms with E-state index in [0.717, 1.165) is 18.5 Å². The second-order valence-electron chi connectivity index (χ2n) is 4.71. The van der Waals surface area contributed by atoms with E-state index < -0.39 is 0 Å². The average Bonchev–Trinajstić information content (AvgIpc) is 2.67. The van der Waals surface area contributed by atoms with Gasteiger partial charge >= 0.3 is 0 Å². The van der Waals surface area contributed by atoms with Crippen LogP contribution in [0.15, 0.2) is 22.6 Å². The van der Waals surface area contributed by atoms with E-state index in [-0.39, 0.29) is 6.10 Å². The van der Waals surface area contributed by atoms with Crippen LogP contribution in [0.3, 0.4) is 0 Å². The maximum atomic E-state index is 9.23. The number of hydrogen-bond acceptors (Lipinski definition) is 5. The molecule has 0 saturated heterocycles. The first-order chi connectivity index (χ1) is 8.54. The summed E-state index contributed by atoms with van der Waals surface area (Å²) in [5.41, 5.74) is 7.90. The summed E-state index contributed by atoms with van der Waals surface area (Å²) < 4.78 is 5.63. The number of oxazole rings is 1. The van der Waals surface area contributed by atoms with E-state index in [4.69, 9.17) is 10.2 Å². The maximum absolute atomic E-state index is 9.23. The second kappa shape index (κ2) is 5.37. The van der Waals surface area contributed by atoms with Gasteiger partial charge in [0.05, 0.1) is 12.6 Å². The summed E-state index contributed by atoms with van der Waals surface area (Å²) in [6, 6.07) is 5.45. The van der Waals surface area contributed by atoms with Gasteiger partial charge in [0.1, 0.15) is 5.52 Å². The van der Waals surface area contributed by atoms with Gasteiger partial charge in [0, 0.05) is 18.3 Å². The van der Waals surface area contributed by atoms with Crippen LogP contribution in [0.1, 0.15) is 19.2 Å². The van der Waals surface area contributed by atoms with Crippen molar-refractivity contribution in [3.8, 4) is 0 Å². The fourth-order valence-electron chi connectivity index (χ4n) is 1.77. The third kappa shape index (κ3) is 3.21. The second-order valence-corrected chi connectivity index (χ2v) is 4.71. The summed E-state index contributed by atoms with van der Waals surface area (Å²) in [5, 5.41) is 9.23. The molecule has 2 aromatic rings. The van der Waals surface area contributed by atoms with Gasteiger partial charge in [-0.1, -0.05) is 0 Å². The van der Waals surface area contributed by atoms with Crippen molar-refractivity contribution in [1.29, 1.82) is 0 Å². The van der Waals surface area contributed by atoms with Crippen molar-refractivity contribution >= 4 is 16.8 Å². The normalized spacial score (nSPS) is 13.3.